The van der Waals surface area contributed by atoms with E-state index < -0.39 is 77.8 Å². The molecule has 10 heteroatoms. The zero-order chi connectivity index (χ0) is 34.0. The number of allylic oxidation sites excluding steroid dienone is 1. The lowest BCUT2D eigenvalue weighted by atomic mass is 9.33. The minimum atomic E-state index is -1.70. The van der Waals surface area contributed by atoms with Gasteiger partial charge in [-0.25, -0.2) is 0 Å². The lowest BCUT2D eigenvalue weighted by Crippen LogP contribution is -2.69. The molecular weight excluding hydrogens is 592 g/mol. The average molecular weight is 651 g/mol. The molecule has 1 aliphatic heterocycles. The Morgan fingerprint density at radius 2 is 1.59 bits per heavy atom. The van der Waals surface area contributed by atoms with Gasteiger partial charge in [0.1, 0.15) is 24.4 Å². The molecule has 1 heterocycles. The summed E-state index contributed by atoms with van der Waals surface area (Å²) < 4.78 is 11.5. The van der Waals surface area contributed by atoms with Gasteiger partial charge in [-0.2, -0.15) is 0 Å². The molecule has 5 fully saturated rings. The van der Waals surface area contributed by atoms with Crippen molar-refractivity contribution in [2.24, 2.45) is 50.7 Å². The van der Waals surface area contributed by atoms with Crippen LogP contribution in [0.5, 0.6) is 0 Å². The Bertz CT molecular complexity index is 1250. The third kappa shape index (κ3) is 4.39. The van der Waals surface area contributed by atoms with Gasteiger partial charge in [0.05, 0.1) is 29.8 Å². The number of aliphatic hydroxyl groups excluding tert-OH is 6. The van der Waals surface area contributed by atoms with Crippen molar-refractivity contribution in [3.8, 4) is 0 Å². The van der Waals surface area contributed by atoms with Crippen LogP contribution >= 0.6 is 0 Å². The molecule has 0 unspecified atom stereocenters. The molecule has 0 aromatic heterocycles. The van der Waals surface area contributed by atoms with Gasteiger partial charge >= 0.3 is 5.97 Å². The maximum atomic E-state index is 14.5. The first-order valence-electron chi connectivity index (χ1n) is 17.5. The fraction of sp³-hybridized carbons (Fsp3) is 0.917. The highest BCUT2D eigenvalue weighted by Gasteiger charge is 2.72. The zero-order valence-electron chi connectivity index (χ0n) is 28.6. The van der Waals surface area contributed by atoms with Crippen molar-refractivity contribution in [2.75, 3.05) is 6.61 Å². The highest BCUT2D eigenvalue weighted by Crippen LogP contribution is 2.76. The molecule has 0 spiro atoms. The first kappa shape index (κ1) is 34.7. The molecule has 0 aromatic carbocycles. The second-order valence-electron chi connectivity index (χ2n) is 17.7. The van der Waals surface area contributed by atoms with Gasteiger partial charge in [-0.15, -0.1) is 0 Å². The van der Waals surface area contributed by atoms with E-state index in [9.17, 15) is 40.5 Å². The van der Waals surface area contributed by atoms with Crippen molar-refractivity contribution in [1.82, 2.24) is 0 Å². The van der Waals surface area contributed by atoms with E-state index in [2.05, 4.69) is 40.7 Å². The highest BCUT2D eigenvalue weighted by atomic mass is 16.7. The Labute approximate surface area is 273 Å². The summed E-state index contributed by atoms with van der Waals surface area (Å²) in [4.78, 5) is 14.5. The van der Waals surface area contributed by atoms with Crippen molar-refractivity contribution in [3.05, 3.63) is 11.6 Å². The summed E-state index contributed by atoms with van der Waals surface area (Å²) in [6.07, 6.45) is -1.65. The molecule has 262 valence electrons. The summed E-state index contributed by atoms with van der Waals surface area (Å²) in [5.41, 5.74) is -2.44. The van der Waals surface area contributed by atoms with Crippen LogP contribution in [0, 0.1) is 50.7 Å². The number of esters is 1. The monoisotopic (exact) mass is 650 g/mol. The summed E-state index contributed by atoms with van der Waals surface area (Å²) in [5, 5.41) is 75.6. The molecule has 1 saturated heterocycles. The number of aliphatic hydroxyl groups is 7. The van der Waals surface area contributed by atoms with Gasteiger partial charge < -0.3 is 45.2 Å². The molecule has 16 atom stereocenters. The maximum Gasteiger partial charge on any atom is 0.315 e. The minimum Gasteiger partial charge on any atom is -0.432 e. The number of ether oxygens (including phenoxy) is 2. The first-order valence-corrected chi connectivity index (χ1v) is 17.5. The van der Waals surface area contributed by atoms with Crippen LogP contribution in [0.15, 0.2) is 11.6 Å². The van der Waals surface area contributed by atoms with E-state index in [1.165, 1.54) is 0 Å². The van der Waals surface area contributed by atoms with Crippen molar-refractivity contribution < 1.29 is 50.0 Å². The zero-order valence-corrected chi connectivity index (χ0v) is 28.6. The summed E-state index contributed by atoms with van der Waals surface area (Å²) in [7, 11) is 0. The van der Waals surface area contributed by atoms with Gasteiger partial charge in [0.25, 0.3) is 0 Å². The number of carbonyl (C=O) groups excluding carboxylic acids is 1. The number of hydrogen-bond donors (Lipinski definition) is 7. The molecule has 0 bridgehead atoms. The predicted molar refractivity (Wildman–Crippen MR) is 168 cm³/mol. The Hall–Kier alpha value is -1.11. The SMILES string of the molecule is C[C@@H]1CC[C@]2(C(=O)O[C@@H]3O[C@H](CO)[C@@H](O)[C@H](O)[C@H]3O)CC[C@]3(C)C(=CC[C@@H]4[C@@]5(C)C[C@@H](O)[C@@H](O)C(C)(C)[C@@H]5CC[C@]43C)[C@@H]2[C@@]1(C)O. The first-order chi connectivity index (χ1) is 21.2. The lowest BCUT2D eigenvalue weighted by molar-refractivity contribution is -0.299. The van der Waals surface area contributed by atoms with Crippen molar-refractivity contribution in [1.29, 1.82) is 0 Å². The van der Waals surface area contributed by atoms with Crippen LogP contribution < -0.4 is 0 Å². The normalized spacial score (nSPS) is 56.4. The van der Waals surface area contributed by atoms with Crippen LogP contribution in [0.1, 0.15) is 99.8 Å². The lowest BCUT2D eigenvalue weighted by Gasteiger charge is -2.72. The fourth-order valence-corrected chi connectivity index (χ4v) is 12.4. The fourth-order valence-electron chi connectivity index (χ4n) is 12.4. The van der Waals surface area contributed by atoms with E-state index >= 15 is 0 Å². The molecule has 10 nitrogen and oxygen atoms in total. The predicted octanol–water partition coefficient (Wildman–Crippen LogP) is 2.43. The van der Waals surface area contributed by atoms with Crippen LogP contribution in [-0.4, -0.2) is 96.8 Å². The van der Waals surface area contributed by atoms with Crippen molar-refractivity contribution in [2.45, 2.75) is 148 Å². The molecular formula is C36H58O10. The molecule has 0 radical (unpaired) electrons. The van der Waals surface area contributed by atoms with Gasteiger partial charge in [0.2, 0.25) is 6.29 Å². The third-order valence-electron chi connectivity index (χ3n) is 15.5. The smallest absolute Gasteiger partial charge is 0.315 e. The minimum absolute atomic E-state index is 0.0940. The highest BCUT2D eigenvalue weighted by molar-refractivity contribution is 5.79. The Morgan fingerprint density at radius 1 is 0.913 bits per heavy atom. The summed E-state index contributed by atoms with van der Waals surface area (Å²) in [6.45, 7) is 14.4. The third-order valence-corrected chi connectivity index (χ3v) is 15.5. The number of rotatable bonds is 3. The van der Waals surface area contributed by atoms with E-state index in [-0.39, 0.29) is 34.0 Å². The molecule has 6 aliphatic rings. The van der Waals surface area contributed by atoms with Crippen molar-refractivity contribution in [3.63, 3.8) is 0 Å². The van der Waals surface area contributed by atoms with E-state index in [4.69, 9.17) is 9.47 Å². The van der Waals surface area contributed by atoms with Crippen LogP contribution in [0.3, 0.4) is 0 Å². The quantitative estimate of drug-likeness (QED) is 0.177. The Morgan fingerprint density at radius 3 is 2.24 bits per heavy atom. The number of carbonyl (C=O) groups is 1. The molecule has 7 N–H and O–H groups in total. The number of fused-ring (bicyclic) bond motifs is 7. The molecule has 0 aromatic rings. The summed E-state index contributed by atoms with van der Waals surface area (Å²) in [5.74, 6) is -0.787. The van der Waals surface area contributed by atoms with Gasteiger partial charge in [-0.1, -0.05) is 53.2 Å². The summed E-state index contributed by atoms with van der Waals surface area (Å²) in [6, 6.07) is 0. The van der Waals surface area contributed by atoms with Gasteiger partial charge in [-0.3, -0.25) is 4.79 Å². The van der Waals surface area contributed by atoms with Gasteiger partial charge in [-0.05, 0) is 97.7 Å². The summed E-state index contributed by atoms with van der Waals surface area (Å²) >= 11 is 0. The van der Waals surface area contributed by atoms with Crippen LogP contribution in [-0.2, 0) is 14.3 Å². The second-order valence-corrected chi connectivity index (χ2v) is 17.7. The molecule has 4 saturated carbocycles. The second kappa shape index (κ2) is 10.9. The van der Waals surface area contributed by atoms with E-state index in [0.717, 1.165) is 24.8 Å². The maximum absolute atomic E-state index is 14.5. The largest absolute Gasteiger partial charge is 0.432 e. The molecule has 6 rings (SSSR count). The average Bonchev–Trinajstić information content (AvgIpc) is 2.98. The van der Waals surface area contributed by atoms with Gasteiger partial charge in [0, 0.05) is 5.92 Å². The Kier molecular flexibility index (Phi) is 8.27. The van der Waals surface area contributed by atoms with E-state index in [0.29, 0.717) is 32.1 Å². The van der Waals surface area contributed by atoms with E-state index in [1.807, 2.05) is 13.8 Å². The van der Waals surface area contributed by atoms with Crippen LogP contribution in [0.25, 0.3) is 0 Å². The standard InChI is InChI=1S/C36H58O10/c1-18-10-13-36(30(43)46-29-26(41)25(40)24(39)21(17-37)45-29)15-14-33(5)19(27(36)35(18,7)44)8-9-23-32(4)16-20(38)28(42)31(2,3)22(32)11-12-34(23,33)6/h8,18,20-29,37-42,44H,9-17H2,1-7H3/t18-,20-,21-,22+,23-,24-,25+,26-,27-,28-,29+,32+,33-,34-,35+,36+/m1/s1. The number of hydrogen-bond acceptors (Lipinski definition) is 10. The topological polar surface area (TPSA) is 177 Å². The van der Waals surface area contributed by atoms with Crippen LogP contribution in [0.2, 0.25) is 0 Å². The molecule has 46 heavy (non-hydrogen) atoms. The van der Waals surface area contributed by atoms with E-state index in [1.54, 1.807) is 0 Å². The Balaban J connectivity index is 1.39. The van der Waals surface area contributed by atoms with Gasteiger partial charge in [0.15, 0.2) is 0 Å². The van der Waals surface area contributed by atoms with Crippen LogP contribution in [0.4, 0.5) is 0 Å². The van der Waals surface area contributed by atoms with Crippen molar-refractivity contribution >= 4 is 5.97 Å². The molecule has 5 aliphatic carbocycles. The molecule has 0 amide bonds.